The first-order valence-electron chi connectivity index (χ1n) is 9.05. The topological polar surface area (TPSA) is 148 Å². The van der Waals surface area contributed by atoms with E-state index >= 15 is 0 Å². The van der Waals surface area contributed by atoms with Crippen LogP contribution in [0.25, 0.3) is 21.3 Å². The maximum absolute atomic E-state index is 12.7. The molecule has 0 radical (unpaired) electrons. The molecule has 0 fully saturated rings. The van der Waals surface area contributed by atoms with Crippen LogP contribution in [0.4, 0.5) is 5.69 Å². The summed E-state index contributed by atoms with van der Waals surface area (Å²) in [7, 11) is 0. The summed E-state index contributed by atoms with van der Waals surface area (Å²) in [6, 6.07) is 0. The van der Waals surface area contributed by atoms with Gasteiger partial charge < -0.3 is 15.2 Å². The van der Waals surface area contributed by atoms with Crippen LogP contribution in [0.2, 0.25) is 0 Å². The number of ether oxygens (including phenoxy) is 1. The Balaban J connectivity index is 0.000000858. The van der Waals surface area contributed by atoms with Crippen LogP contribution in [-0.4, -0.2) is 60.6 Å². The summed E-state index contributed by atoms with van der Waals surface area (Å²) in [5.41, 5.74) is 2.41. The summed E-state index contributed by atoms with van der Waals surface area (Å²) in [6.07, 6.45) is 6.91. The minimum absolute atomic E-state index is 0.250. The number of hydrogen-bond acceptors (Lipinski definition) is 9. The van der Waals surface area contributed by atoms with E-state index in [0.717, 1.165) is 15.6 Å². The summed E-state index contributed by atoms with van der Waals surface area (Å²) in [5.74, 6) is -0.298. The second kappa shape index (κ2) is 11.1. The van der Waals surface area contributed by atoms with Gasteiger partial charge in [-0.25, -0.2) is 9.97 Å². The molecule has 31 heavy (non-hydrogen) atoms. The number of aromatic amines is 1. The maximum atomic E-state index is 12.7. The average Bonchev–Trinajstić information content (AvgIpc) is 3.55. The average molecular weight is 462 g/mol. The Morgan fingerprint density at radius 2 is 2.23 bits per heavy atom. The van der Waals surface area contributed by atoms with Gasteiger partial charge in [0.15, 0.2) is 0 Å². The molecule has 1 amide bonds. The lowest BCUT2D eigenvalue weighted by Crippen LogP contribution is -2.12. The highest BCUT2D eigenvalue weighted by atomic mass is 32.1. The molecule has 0 atom stereocenters. The Morgan fingerprint density at radius 1 is 1.39 bits per heavy atom. The van der Waals surface area contributed by atoms with Crippen LogP contribution in [0.5, 0.6) is 0 Å². The number of nitrogens with one attached hydrogen (secondary N) is 2. The van der Waals surface area contributed by atoms with Gasteiger partial charge in [0.1, 0.15) is 21.4 Å². The van der Waals surface area contributed by atoms with Crippen molar-refractivity contribution >= 4 is 40.7 Å². The normalized spacial score (nSPS) is 10.4. The van der Waals surface area contributed by atoms with Crippen molar-refractivity contribution in [2.45, 2.75) is 13.5 Å². The summed E-state index contributed by atoms with van der Waals surface area (Å²) in [4.78, 5) is 29.8. The highest BCUT2D eigenvalue weighted by Gasteiger charge is 2.18. The molecule has 0 aliphatic heterocycles. The number of hydrogen-bond donors (Lipinski definition) is 3. The Bertz CT molecular complexity index is 1090. The van der Waals surface area contributed by atoms with Gasteiger partial charge >= 0.3 is 0 Å². The van der Waals surface area contributed by atoms with Crippen LogP contribution < -0.4 is 5.32 Å². The monoisotopic (exact) mass is 461 g/mol. The van der Waals surface area contributed by atoms with Crippen LogP contribution >= 0.6 is 22.7 Å². The van der Waals surface area contributed by atoms with Gasteiger partial charge in [-0.3, -0.25) is 19.4 Å². The van der Waals surface area contributed by atoms with E-state index in [1.807, 2.05) is 12.3 Å². The number of thiazole rings is 2. The predicted octanol–water partition coefficient (Wildman–Crippen LogP) is 2.84. The van der Waals surface area contributed by atoms with Gasteiger partial charge in [-0.05, 0) is 6.92 Å². The largest absolute Gasteiger partial charge is 0.483 e. The molecule has 0 saturated carbocycles. The number of carbonyl (C=O) groups excluding carboxylic acids is 1. The summed E-state index contributed by atoms with van der Waals surface area (Å²) < 4.78 is 7.14. The molecule has 3 N–H and O–H groups in total. The number of carboxylic acid groups (broad SMARTS) is 1. The first-order chi connectivity index (χ1) is 15.2. The Labute approximate surface area is 184 Å². The number of nitrogens with zero attached hydrogens (tertiary/aromatic N) is 5. The van der Waals surface area contributed by atoms with Crippen molar-refractivity contribution < 1.29 is 19.4 Å². The number of H-pyrrole nitrogens is 1. The third-order valence-corrected chi connectivity index (χ3v) is 5.47. The molecule has 4 heterocycles. The van der Waals surface area contributed by atoms with E-state index in [2.05, 4.69) is 30.6 Å². The van der Waals surface area contributed by atoms with Crippen LogP contribution in [0.15, 0.2) is 35.5 Å². The molecule has 4 aromatic rings. The van der Waals surface area contributed by atoms with Crippen molar-refractivity contribution in [2.75, 3.05) is 18.5 Å². The van der Waals surface area contributed by atoms with Crippen molar-refractivity contribution in [2.24, 2.45) is 0 Å². The summed E-state index contributed by atoms with van der Waals surface area (Å²) in [6.45, 7) is 3.47. The van der Waals surface area contributed by atoms with Gasteiger partial charge in [0.2, 0.25) is 0 Å². The SMILES string of the molecule is CCOCCn1cc(NC(=O)c2csc(-c3cn[nH]c3)n2)c(-c2nccs2)n1.O=CO. The second-order valence-electron chi connectivity index (χ2n) is 5.77. The molecular weight excluding hydrogens is 442 g/mol. The van der Waals surface area contributed by atoms with E-state index < -0.39 is 0 Å². The zero-order valence-electron chi connectivity index (χ0n) is 16.4. The molecule has 4 aromatic heterocycles. The van der Waals surface area contributed by atoms with Gasteiger partial charge in [0, 0.05) is 41.5 Å². The van der Waals surface area contributed by atoms with Crippen molar-refractivity contribution in [3.63, 3.8) is 0 Å². The molecule has 162 valence electrons. The fourth-order valence-electron chi connectivity index (χ4n) is 2.49. The van der Waals surface area contributed by atoms with Crippen molar-refractivity contribution in [3.05, 3.63) is 41.2 Å². The zero-order valence-corrected chi connectivity index (χ0v) is 18.0. The van der Waals surface area contributed by atoms with Crippen LogP contribution in [-0.2, 0) is 16.1 Å². The predicted molar refractivity (Wildman–Crippen MR) is 116 cm³/mol. The van der Waals surface area contributed by atoms with Crippen molar-refractivity contribution in [1.29, 1.82) is 0 Å². The van der Waals surface area contributed by atoms with Crippen molar-refractivity contribution in [3.8, 4) is 21.3 Å². The van der Waals surface area contributed by atoms with Crippen LogP contribution in [0, 0.1) is 0 Å². The van der Waals surface area contributed by atoms with Crippen molar-refractivity contribution in [1.82, 2.24) is 29.9 Å². The highest BCUT2D eigenvalue weighted by Crippen LogP contribution is 2.29. The molecule has 0 aliphatic carbocycles. The van der Waals surface area contributed by atoms with E-state index in [4.69, 9.17) is 14.6 Å². The van der Waals surface area contributed by atoms with Crippen LogP contribution in [0.3, 0.4) is 0 Å². The summed E-state index contributed by atoms with van der Waals surface area (Å²) in [5, 5.41) is 26.1. The number of rotatable bonds is 8. The van der Waals surface area contributed by atoms with E-state index in [0.29, 0.717) is 36.8 Å². The molecule has 11 nitrogen and oxygen atoms in total. The van der Waals surface area contributed by atoms with Gasteiger partial charge in [0.25, 0.3) is 12.4 Å². The smallest absolute Gasteiger partial charge is 0.290 e. The third-order valence-electron chi connectivity index (χ3n) is 3.80. The van der Waals surface area contributed by atoms with E-state index in [-0.39, 0.29) is 12.4 Å². The van der Waals surface area contributed by atoms with Gasteiger partial charge in [0.05, 0.1) is 25.0 Å². The summed E-state index contributed by atoms with van der Waals surface area (Å²) >= 11 is 2.85. The molecule has 13 heteroatoms. The lowest BCUT2D eigenvalue weighted by Gasteiger charge is -2.01. The fourth-order valence-corrected chi connectivity index (χ4v) is 3.91. The first kappa shape index (κ1) is 22.3. The Morgan fingerprint density at radius 3 is 2.90 bits per heavy atom. The fraction of sp³-hybridized carbons (Fsp3) is 0.222. The zero-order chi connectivity index (χ0) is 22.1. The minimum Gasteiger partial charge on any atom is -0.483 e. The number of anilines is 1. The second-order valence-corrected chi connectivity index (χ2v) is 7.53. The van der Waals surface area contributed by atoms with E-state index in [1.54, 1.807) is 34.8 Å². The lowest BCUT2D eigenvalue weighted by molar-refractivity contribution is -0.122. The van der Waals surface area contributed by atoms with E-state index in [1.165, 1.54) is 22.7 Å². The quantitative estimate of drug-likeness (QED) is 0.268. The number of aromatic nitrogens is 6. The molecule has 0 spiro atoms. The molecule has 0 aliphatic rings. The Hall–Kier alpha value is -3.42. The minimum atomic E-state index is -0.298. The standard InChI is InChI=1S/C17H17N7O2S2.CH2O2/c1-2-26-5-4-24-9-12(14(23-24)17-18-3-6-27-17)21-15(25)13-10-28-16(22-13)11-7-19-20-8-11;2-1-3/h3,6-10H,2,4-5H2,1H3,(H,19,20)(H,21,25);1H,(H,2,3). The lowest BCUT2D eigenvalue weighted by atomic mass is 10.3. The molecule has 0 saturated heterocycles. The van der Waals surface area contributed by atoms with Crippen LogP contribution in [0.1, 0.15) is 17.4 Å². The third kappa shape index (κ3) is 5.81. The Kier molecular flexibility index (Phi) is 7.98. The molecular formula is C18H19N7O4S2. The molecule has 4 rings (SSSR count). The highest BCUT2D eigenvalue weighted by molar-refractivity contribution is 7.13. The van der Waals surface area contributed by atoms with Gasteiger partial charge in [-0.15, -0.1) is 22.7 Å². The molecule has 0 aromatic carbocycles. The number of amides is 1. The van der Waals surface area contributed by atoms with Gasteiger partial charge in [-0.1, -0.05) is 0 Å². The molecule has 0 bridgehead atoms. The van der Waals surface area contributed by atoms with E-state index in [9.17, 15) is 4.79 Å². The maximum Gasteiger partial charge on any atom is 0.290 e. The number of carbonyl (C=O) groups is 2. The first-order valence-corrected chi connectivity index (χ1v) is 10.8. The molecule has 0 unspecified atom stereocenters. The van der Waals surface area contributed by atoms with Gasteiger partial charge in [-0.2, -0.15) is 10.2 Å².